The van der Waals surface area contributed by atoms with Gasteiger partial charge in [-0.3, -0.25) is 9.48 Å². The molecule has 4 N–H and O–H groups in total. The van der Waals surface area contributed by atoms with E-state index >= 15 is 0 Å². The van der Waals surface area contributed by atoms with Crippen LogP contribution in [0.4, 0.5) is 4.39 Å². The molecule has 1 atom stereocenters. The number of hydrogen-bond donors (Lipinski definition) is 3. The minimum absolute atomic E-state index is 0.154. The molecule has 1 aromatic carbocycles. The van der Waals surface area contributed by atoms with Crippen LogP contribution in [-0.2, 0) is 7.05 Å². The molecule has 1 amide bonds. The predicted molar refractivity (Wildman–Crippen MR) is 116 cm³/mol. The highest BCUT2D eigenvalue weighted by molar-refractivity contribution is 6.05. The fourth-order valence-electron chi connectivity index (χ4n) is 4.48. The molecular weight excluding hydrogens is 397 g/mol. The predicted octanol–water partition coefficient (Wildman–Crippen LogP) is 3.04. The Morgan fingerprint density at radius 2 is 2.13 bits per heavy atom. The Morgan fingerprint density at radius 1 is 1.35 bits per heavy atom. The number of nitrogens with one attached hydrogen (secondary N) is 2. The Labute approximate surface area is 178 Å². The number of amides is 1. The number of aromatic amines is 1. The van der Waals surface area contributed by atoms with Crippen molar-refractivity contribution in [1.82, 2.24) is 30.0 Å². The molecule has 1 aliphatic rings. The summed E-state index contributed by atoms with van der Waals surface area (Å²) in [7, 11) is 1.75. The summed E-state index contributed by atoms with van der Waals surface area (Å²) in [6.07, 6.45) is 7.18. The monoisotopic (exact) mass is 421 g/mol. The summed E-state index contributed by atoms with van der Waals surface area (Å²) in [4.78, 5) is 25.1. The Bertz CT molecular complexity index is 1300. The lowest BCUT2D eigenvalue weighted by Crippen LogP contribution is -2.55. The number of carbonyl (C=O) groups excluding carboxylic acids is 1. The molecule has 0 radical (unpaired) electrons. The van der Waals surface area contributed by atoms with Crippen molar-refractivity contribution in [2.45, 2.75) is 44.2 Å². The van der Waals surface area contributed by atoms with Gasteiger partial charge in [0.2, 0.25) is 0 Å². The average molecular weight is 421 g/mol. The lowest BCUT2D eigenvalue weighted by Gasteiger charge is -2.31. The molecule has 8 nitrogen and oxygen atoms in total. The maximum absolute atomic E-state index is 13.7. The van der Waals surface area contributed by atoms with Gasteiger partial charge in [-0.1, -0.05) is 12.8 Å². The number of fused-ring (bicyclic) bond motifs is 2. The number of H-pyrrole nitrogens is 1. The first kappa shape index (κ1) is 19.6. The normalized spacial score (nSPS) is 16.8. The van der Waals surface area contributed by atoms with E-state index in [0.717, 1.165) is 31.1 Å². The van der Waals surface area contributed by atoms with Crippen molar-refractivity contribution in [3.63, 3.8) is 0 Å². The molecule has 0 unspecified atom stereocenters. The minimum atomic E-state index is -0.374. The summed E-state index contributed by atoms with van der Waals surface area (Å²) in [6.45, 7) is 1.95. The highest BCUT2D eigenvalue weighted by Gasteiger charge is 2.36. The summed E-state index contributed by atoms with van der Waals surface area (Å²) >= 11 is 0. The van der Waals surface area contributed by atoms with Crippen LogP contribution in [0.1, 0.15) is 43.0 Å². The number of nitrogens with zero attached hydrogens (tertiary/aromatic N) is 4. The van der Waals surface area contributed by atoms with Gasteiger partial charge in [-0.25, -0.2) is 14.4 Å². The number of hydrogen-bond acceptors (Lipinski definition) is 5. The Morgan fingerprint density at radius 3 is 2.90 bits per heavy atom. The third-order valence-electron chi connectivity index (χ3n) is 6.43. The molecule has 9 heteroatoms. The number of aryl methyl sites for hydroxylation is 1. The van der Waals surface area contributed by atoms with Gasteiger partial charge in [-0.2, -0.15) is 5.10 Å². The van der Waals surface area contributed by atoms with Gasteiger partial charge >= 0.3 is 0 Å². The van der Waals surface area contributed by atoms with Crippen molar-refractivity contribution in [2.24, 2.45) is 12.8 Å². The highest BCUT2D eigenvalue weighted by Crippen LogP contribution is 2.31. The quantitative estimate of drug-likeness (QED) is 0.469. The van der Waals surface area contributed by atoms with Crippen LogP contribution in [0.3, 0.4) is 0 Å². The third-order valence-corrected chi connectivity index (χ3v) is 6.43. The second-order valence-electron chi connectivity index (χ2n) is 8.42. The molecule has 0 aliphatic heterocycles. The first-order valence-corrected chi connectivity index (χ1v) is 10.4. The maximum atomic E-state index is 13.7. The lowest BCUT2D eigenvalue weighted by molar-refractivity contribution is 0.0921. The van der Waals surface area contributed by atoms with Crippen molar-refractivity contribution in [1.29, 1.82) is 0 Å². The summed E-state index contributed by atoms with van der Waals surface area (Å²) < 4.78 is 15.3. The van der Waals surface area contributed by atoms with Crippen molar-refractivity contribution < 1.29 is 9.18 Å². The Balaban J connectivity index is 1.51. The second-order valence-corrected chi connectivity index (χ2v) is 8.42. The standard InChI is InChI=1S/C22H24FN7O/c1-12(22(24)7-3-4-8-22)27-21(31)15-10-25-20-19(15)28-16(11-26-20)18-14-6-5-13(23)9-17(14)30(2)29-18/h5-6,9-12H,3-4,7-8,24H2,1-2H3,(H,25,26)(H,27,31)/t12-/m1/s1. The molecule has 0 bridgehead atoms. The van der Waals surface area contributed by atoms with Crippen LogP contribution in [-0.4, -0.2) is 42.2 Å². The zero-order valence-corrected chi connectivity index (χ0v) is 17.4. The maximum Gasteiger partial charge on any atom is 0.255 e. The van der Waals surface area contributed by atoms with Gasteiger partial charge in [0, 0.05) is 30.2 Å². The van der Waals surface area contributed by atoms with E-state index in [9.17, 15) is 9.18 Å². The number of rotatable bonds is 4. The van der Waals surface area contributed by atoms with E-state index in [1.165, 1.54) is 12.1 Å². The van der Waals surface area contributed by atoms with Crippen LogP contribution < -0.4 is 11.1 Å². The van der Waals surface area contributed by atoms with Crippen molar-refractivity contribution in [3.05, 3.63) is 42.0 Å². The van der Waals surface area contributed by atoms with E-state index in [4.69, 9.17) is 5.73 Å². The first-order valence-electron chi connectivity index (χ1n) is 10.4. The fraction of sp³-hybridized carbons (Fsp3) is 0.364. The number of nitrogens with two attached hydrogens (primary N) is 1. The van der Waals surface area contributed by atoms with Crippen LogP contribution in [0, 0.1) is 5.82 Å². The lowest BCUT2D eigenvalue weighted by atomic mass is 9.90. The van der Waals surface area contributed by atoms with Gasteiger partial charge < -0.3 is 16.0 Å². The zero-order valence-electron chi connectivity index (χ0n) is 17.4. The number of aromatic nitrogens is 5. The number of benzene rings is 1. The summed E-state index contributed by atoms with van der Waals surface area (Å²) in [5.41, 5.74) is 9.25. The van der Waals surface area contributed by atoms with Crippen LogP contribution in [0.15, 0.2) is 30.6 Å². The largest absolute Gasteiger partial charge is 0.348 e. The van der Waals surface area contributed by atoms with E-state index in [-0.39, 0.29) is 23.3 Å². The van der Waals surface area contributed by atoms with E-state index < -0.39 is 0 Å². The van der Waals surface area contributed by atoms with Crippen LogP contribution in [0.5, 0.6) is 0 Å². The molecule has 1 aliphatic carbocycles. The van der Waals surface area contributed by atoms with E-state index in [2.05, 4.69) is 25.4 Å². The van der Waals surface area contributed by atoms with Gasteiger partial charge in [0.25, 0.3) is 5.91 Å². The molecule has 160 valence electrons. The molecule has 31 heavy (non-hydrogen) atoms. The number of carbonyl (C=O) groups is 1. The SMILES string of the molecule is C[C@@H](NC(=O)c1c[nH]c2ncc(-c3nn(C)c4cc(F)ccc34)nc12)C1(N)CCCC1. The van der Waals surface area contributed by atoms with Gasteiger partial charge in [0.15, 0.2) is 5.65 Å². The Hall–Kier alpha value is -3.33. The molecule has 4 aromatic rings. The fourth-order valence-corrected chi connectivity index (χ4v) is 4.48. The van der Waals surface area contributed by atoms with E-state index in [0.29, 0.717) is 33.6 Å². The highest BCUT2D eigenvalue weighted by atomic mass is 19.1. The zero-order chi connectivity index (χ0) is 21.8. The molecule has 3 heterocycles. The van der Waals surface area contributed by atoms with Gasteiger partial charge in [0.1, 0.15) is 22.7 Å². The van der Waals surface area contributed by atoms with Gasteiger partial charge in [-0.05, 0) is 38.0 Å². The topological polar surface area (TPSA) is 115 Å². The molecule has 3 aromatic heterocycles. The molecular formula is C22H24FN7O. The summed E-state index contributed by atoms with van der Waals surface area (Å²) in [6, 6.07) is 4.34. The second kappa shape index (κ2) is 7.12. The van der Waals surface area contributed by atoms with Gasteiger partial charge in [0.05, 0.1) is 17.3 Å². The average Bonchev–Trinajstić information content (AvgIpc) is 3.45. The molecule has 0 spiro atoms. The van der Waals surface area contributed by atoms with Crippen molar-refractivity contribution in [2.75, 3.05) is 0 Å². The van der Waals surface area contributed by atoms with E-state index in [1.807, 2.05) is 6.92 Å². The van der Waals surface area contributed by atoms with Crippen LogP contribution in [0.2, 0.25) is 0 Å². The first-order chi connectivity index (χ1) is 14.9. The summed E-state index contributed by atoms with van der Waals surface area (Å²) in [5, 5.41) is 8.30. The van der Waals surface area contributed by atoms with Gasteiger partial charge in [-0.15, -0.1) is 0 Å². The molecule has 1 saturated carbocycles. The molecule has 5 rings (SSSR count). The smallest absolute Gasteiger partial charge is 0.255 e. The van der Waals surface area contributed by atoms with E-state index in [1.54, 1.807) is 30.2 Å². The number of halogens is 1. The van der Waals surface area contributed by atoms with Crippen molar-refractivity contribution in [3.8, 4) is 11.4 Å². The Kier molecular flexibility index (Phi) is 4.51. The minimum Gasteiger partial charge on any atom is -0.348 e. The van der Waals surface area contributed by atoms with Crippen LogP contribution in [0.25, 0.3) is 33.5 Å². The molecule has 0 saturated heterocycles. The van der Waals surface area contributed by atoms with Crippen molar-refractivity contribution >= 4 is 28.0 Å². The van der Waals surface area contributed by atoms with Crippen LogP contribution >= 0.6 is 0 Å². The molecule has 1 fully saturated rings. The third kappa shape index (κ3) is 3.25. The summed E-state index contributed by atoms with van der Waals surface area (Å²) in [5.74, 6) is -0.572.